The average molecular weight is 272 g/mol. The van der Waals surface area contributed by atoms with Gasteiger partial charge in [-0.1, -0.05) is 25.0 Å². The number of hydrogen-bond acceptors (Lipinski definition) is 3. The Morgan fingerprint density at radius 1 is 1.30 bits per heavy atom. The third kappa shape index (κ3) is 3.58. The number of aliphatic hydroxyl groups excluding tert-OH is 1. The number of rotatable bonds is 3. The Morgan fingerprint density at radius 2 is 2.05 bits per heavy atom. The largest absolute Gasteiger partial charge is 0.394 e. The molecule has 0 spiro atoms. The highest BCUT2D eigenvalue weighted by molar-refractivity contribution is 5.79. The van der Waals surface area contributed by atoms with Gasteiger partial charge >= 0.3 is 0 Å². The summed E-state index contributed by atoms with van der Waals surface area (Å²) in [6, 6.07) is 9.13. The number of carbonyl (C=O) groups excluding carboxylic acids is 1. The van der Waals surface area contributed by atoms with Crippen molar-refractivity contribution in [3.05, 3.63) is 35.4 Å². The minimum Gasteiger partial charge on any atom is -0.394 e. The molecule has 106 valence electrons. The highest BCUT2D eigenvalue weighted by atomic mass is 16.3. The molecule has 2 rings (SSSR count). The molecule has 1 aliphatic heterocycles. The number of aliphatic hydroxyl groups is 1. The summed E-state index contributed by atoms with van der Waals surface area (Å²) < 4.78 is 0. The number of benzene rings is 1. The molecule has 20 heavy (non-hydrogen) atoms. The van der Waals surface area contributed by atoms with Gasteiger partial charge in [-0.2, -0.15) is 5.26 Å². The predicted octanol–water partition coefficient (Wildman–Crippen LogP) is 1.86. The zero-order chi connectivity index (χ0) is 14.4. The summed E-state index contributed by atoms with van der Waals surface area (Å²) in [4.78, 5) is 14.2. The van der Waals surface area contributed by atoms with E-state index in [2.05, 4.69) is 6.07 Å². The quantitative estimate of drug-likeness (QED) is 0.913. The van der Waals surface area contributed by atoms with Crippen LogP contribution in [0.5, 0.6) is 0 Å². The Kier molecular flexibility index (Phi) is 5.14. The van der Waals surface area contributed by atoms with Gasteiger partial charge in [0, 0.05) is 6.54 Å². The highest BCUT2D eigenvalue weighted by Gasteiger charge is 2.24. The molecule has 4 heteroatoms. The molecule has 1 amide bonds. The summed E-state index contributed by atoms with van der Waals surface area (Å²) in [5, 5.41) is 18.2. The summed E-state index contributed by atoms with van der Waals surface area (Å²) in [6.07, 6.45) is 4.43. The molecule has 0 aliphatic carbocycles. The summed E-state index contributed by atoms with van der Waals surface area (Å²) in [7, 11) is 0. The molecule has 1 unspecified atom stereocenters. The monoisotopic (exact) mass is 272 g/mol. The fourth-order valence-electron chi connectivity index (χ4n) is 2.67. The van der Waals surface area contributed by atoms with Gasteiger partial charge in [-0.3, -0.25) is 4.79 Å². The van der Waals surface area contributed by atoms with Gasteiger partial charge in [0.2, 0.25) is 5.91 Å². The van der Waals surface area contributed by atoms with Crippen LogP contribution in [0, 0.1) is 11.3 Å². The topological polar surface area (TPSA) is 64.3 Å². The Labute approximate surface area is 119 Å². The average Bonchev–Trinajstić information content (AvgIpc) is 2.73. The van der Waals surface area contributed by atoms with Crippen molar-refractivity contribution in [3.8, 4) is 6.07 Å². The van der Waals surface area contributed by atoms with Gasteiger partial charge in [-0.15, -0.1) is 0 Å². The van der Waals surface area contributed by atoms with E-state index in [1.54, 1.807) is 12.1 Å². The first-order valence-electron chi connectivity index (χ1n) is 7.14. The molecule has 0 radical (unpaired) electrons. The Hall–Kier alpha value is -1.86. The number of nitrogens with zero attached hydrogens (tertiary/aromatic N) is 2. The number of carbonyl (C=O) groups is 1. The Morgan fingerprint density at radius 3 is 2.70 bits per heavy atom. The second-order valence-corrected chi connectivity index (χ2v) is 5.26. The molecule has 0 bridgehead atoms. The molecular formula is C16H20N2O2. The third-order valence-electron chi connectivity index (χ3n) is 3.85. The second kappa shape index (κ2) is 7.06. The van der Waals surface area contributed by atoms with Gasteiger partial charge in [0.1, 0.15) is 0 Å². The van der Waals surface area contributed by atoms with E-state index in [-0.39, 0.29) is 18.6 Å². The summed E-state index contributed by atoms with van der Waals surface area (Å²) >= 11 is 0. The summed E-state index contributed by atoms with van der Waals surface area (Å²) in [5.41, 5.74) is 1.51. The molecule has 1 saturated heterocycles. The molecule has 1 aliphatic rings. The van der Waals surface area contributed by atoms with Crippen LogP contribution in [0.15, 0.2) is 24.3 Å². The number of hydrogen-bond donors (Lipinski definition) is 1. The fraction of sp³-hybridized carbons (Fsp3) is 0.500. The van der Waals surface area contributed by atoms with Crippen LogP contribution < -0.4 is 0 Å². The van der Waals surface area contributed by atoms with Gasteiger partial charge in [0.25, 0.3) is 0 Å². The fourth-order valence-corrected chi connectivity index (χ4v) is 2.67. The lowest BCUT2D eigenvalue weighted by molar-refractivity contribution is -0.133. The van der Waals surface area contributed by atoms with E-state index < -0.39 is 0 Å². The van der Waals surface area contributed by atoms with Crippen LogP contribution in [0.1, 0.15) is 36.8 Å². The SMILES string of the molecule is N#Cc1ccc(CC(=O)N2CCCCCC2CO)cc1. The van der Waals surface area contributed by atoms with Crippen LogP contribution in [-0.2, 0) is 11.2 Å². The first-order valence-corrected chi connectivity index (χ1v) is 7.14. The molecule has 0 saturated carbocycles. The van der Waals surface area contributed by atoms with Gasteiger partial charge < -0.3 is 10.0 Å². The van der Waals surface area contributed by atoms with Crippen molar-refractivity contribution in [1.82, 2.24) is 4.90 Å². The first-order chi connectivity index (χ1) is 9.74. The molecule has 1 atom stereocenters. The normalized spacial score (nSPS) is 19.2. The maximum atomic E-state index is 12.4. The maximum absolute atomic E-state index is 12.4. The van der Waals surface area contributed by atoms with Gasteiger partial charge in [-0.05, 0) is 30.5 Å². The lowest BCUT2D eigenvalue weighted by atomic mass is 10.1. The number of nitriles is 1. The Bertz CT molecular complexity index is 490. The molecule has 1 N–H and O–H groups in total. The van der Waals surface area contributed by atoms with Crippen molar-refractivity contribution >= 4 is 5.91 Å². The molecule has 1 fully saturated rings. The zero-order valence-electron chi connectivity index (χ0n) is 11.6. The zero-order valence-corrected chi connectivity index (χ0v) is 11.6. The van der Waals surface area contributed by atoms with Crippen molar-refractivity contribution in [2.75, 3.05) is 13.2 Å². The van der Waals surface area contributed by atoms with E-state index in [0.29, 0.717) is 12.0 Å². The van der Waals surface area contributed by atoms with Crippen LogP contribution in [-0.4, -0.2) is 35.1 Å². The van der Waals surface area contributed by atoms with Crippen LogP contribution in [0.3, 0.4) is 0 Å². The van der Waals surface area contributed by atoms with E-state index >= 15 is 0 Å². The lowest BCUT2D eigenvalue weighted by Gasteiger charge is -2.28. The van der Waals surface area contributed by atoms with E-state index in [1.807, 2.05) is 17.0 Å². The second-order valence-electron chi connectivity index (χ2n) is 5.26. The maximum Gasteiger partial charge on any atom is 0.227 e. The van der Waals surface area contributed by atoms with E-state index in [4.69, 9.17) is 5.26 Å². The third-order valence-corrected chi connectivity index (χ3v) is 3.85. The van der Waals surface area contributed by atoms with Crippen molar-refractivity contribution in [2.45, 2.75) is 38.1 Å². The number of amides is 1. The molecule has 1 heterocycles. The summed E-state index contributed by atoms with van der Waals surface area (Å²) in [6.45, 7) is 0.777. The van der Waals surface area contributed by atoms with E-state index in [1.165, 1.54) is 0 Å². The molecule has 0 aromatic heterocycles. The number of likely N-dealkylation sites (tertiary alicyclic amines) is 1. The van der Waals surface area contributed by atoms with Crippen LogP contribution >= 0.6 is 0 Å². The van der Waals surface area contributed by atoms with Crippen molar-refractivity contribution in [2.24, 2.45) is 0 Å². The highest BCUT2D eigenvalue weighted by Crippen LogP contribution is 2.18. The smallest absolute Gasteiger partial charge is 0.227 e. The van der Waals surface area contributed by atoms with Gasteiger partial charge in [-0.25, -0.2) is 0 Å². The molecular weight excluding hydrogens is 252 g/mol. The van der Waals surface area contributed by atoms with Crippen molar-refractivity contribution < 1.29 is 9.90 Å². The van der Waals surface area contributed by atoms with Gasteiger partial charge in [0.05, 0.1) is 30.7 Å². The van der Waals surface area contributed by atoms with E-state index in [9.17, 15) is 9.90 Å². The van der Waals surface area contributed by atoms with Crippen LogP contribution in [0.2, 0.25) is 0 Å². The minimum absolute atomic E-state index is 0.0385. The molecule has 1 aromatic rings. The summed E-state index contributed by atoms with van der Waals surface area (Å²) in [5.74, 6) is 0.0654. The Balaban J connectivity index is 2.03. The van der Waals surface area contributed by atoms with E-state index in [0.717, 1.165) is 37.8 Å². The first kappa shape index (κ1) is 14.5. The predicted molar refractivity (Wildman–Crippen MR) is 75.9 cm³/mol. The standard InChI is InChI=1S/C16H20N2O2/c17-11-14-7-5-13(6-8-14)10-16(20)18-9-3-1-2-4-15(18)12-19/h5-8,15,19H,1-4,9-10,12H2. The van der Waals surface area contributed by atoms with Crippen LogP contribution in [0.25, 0.3) is 0 Å². The minimum atomic E-state index is -0.0385. The van der Waals surface area contributed by atoms with Gasteiger partial charge in [0.15, 0.2) is 0 Å². The molecule has 1 aromatic carbocycles. The van der Waals surface area contributed by atoms with Crippen molar-refractivity contribution in [1.29, 1.82) is 5.26 Å². The lowest BCUT2D eigenvalue weighted by Crippen LogP contribution is -2.42. The molecule has 4 nitrogen and oxygen atoms in total. The van der Waals surface area contributed by atoms with Crippen LogP contribution in [0.4, 0.5) is 0 Å². The van der Waals surface area contributed by atoms with Crippen molar-refractivity contribution in [3.63, 3.8) is 0 Å².